The SMILES string of the molecule is CN(Cc1nccn1C)C(=O)C1CCc2ccccc2N1. The summed E-state index contributed by atoms with van der Waals surface area (Å²) < 4.78 is 1.94. The predicted molar refractivity (Wildman–Crippen MR) is 81.9 cm³/mol. The number of rotatable bonds is 3. The second kappa shape index (κ2) is 5.60. The molecular formula is C16H20N4O. The third-order valence-electron chi connectivity index (χ3n) is 4.02. The molecule has 2 aromatic rings. The minimum Gasteiger partial charge on any atom is -0.373 e. The number of imidazole rings is 1. The Morgan fingerprint density at radius 1 is 1.48 bits per heavy atom. The molecule has 1 amide bonds. The third kappa shape index (κ3) is 2.77. The van der Waals surface area contributed by atoms with Gasteiger partial charge in [-0.3, -0.25) is 4.79 Å². The van der Waals surface area contributed by atoms with Crippen molar-refractivity contribution < 1.29 is 4.79 Å². The van der Waals surface area contributed by atoms with Gasteiger partial charge in [-0.2, -0.15) is 0 Å². The Morgan fingerprint density at radius 2 is 2.29 bits per heavy atom. The van der Waals surface area contributed by atoms with Crippen LogP contribution in [0.5, 0.6) is 0 Å². The number of fused-ring (bicyclic) bond motifs is 1. The maximum absolute atomic E-state index is 12.6. The summed E-state index contributed by atoms with van der Waals surface area (Å²) in [6.07, 6.45) is 5.42. The number of nitrogens with zero attached hydrogens (tertiary/aromatic N) is 3. The lowest BCUT2D eigenvalue weighted by Gasteiger charge is -2.29. The number of hydrogen-bond donors (Lipinski definition) is 1. The Kier molecular flexibility index (Phi) is 3.64. The van der Waals surface area contributed by atoms with Gasteiger partial charge < -0.3 is 14.8 Å². The van der Waals surface area contributed by atoms with Gasteiger partial charge in [0.05, 0.1) is 6.54 Å². The van der Waals surface area contributed by atoms with Crippen molar-refractivity contribution in [2.45, 2.75) is 25.4 Å². The summed E-state index contributed by atoms with van der Waals surface area (Å²) in [6.45, 7) is 0.530. The Bertz CT molecular complexity index is 649. The lowest BCUT2D eigenvalue weighted by atomic mass is 9.97. The van der Waals surface area contributed by atoms with E-state index in [2.05, 4.69) is 16.4 Å². The minimum absolute atomic E-state index is 0.118. The molecule has 0 aliphatic carbocycles. The van der Waals surface area contributed by atoms with E-state index in [1.807, 2.05) is 43.1 Å². The van der Waals surface area contributed by atoms with Gasteiger partial charge in [0.1, 0.15) is 11.9 Å². The largest absolute Gasteiger partial charge is 0.373 e. The van der Waals surface area contributed by atoms with E-state index < -0.39 is 0 Å². The number of likely N-dealkylation sites (N-methyl/N-ethyl adjacent to an activating group) is 1. The Morgan fingerprint density at radius 3 is 3.05 bits per heavy atom. The van der Waals surface area contributed by atoms with E-state index in [1.165, 1.54) is 5.56 Å². The van der Waals surface area contributed by atoms with E-state index in [9.17, 15) is 4.79 Å². The van der Waals surface area contributed by atoms with E-state index in [-0.39, 0.29) is 11.9 Å². The highest BCUT2D eigenvalue weighted by atomic mass is 16.2. The first-order valence-electron chi connectivity index (χ1n) is 7.21. The van der Waals surface area contributed by atoms with Crippen molar-refractivity contribution in [2.24, 2.45) is 7.05 Å². The van der Waals surface area contributed by atoms with Crippen molar-refractivity contribution in [2.75, 3.05) is 12.4 Å². The molecule has 0 spiro atoms. The number of anilines is 1. The van der Waals surface area contributed by atoms with Crippen LogP contribution < -0.4 is 5.32 Å². The maximum Gasteiger partial charge on any atom is 0.245 e. The third-order valence-corrected chi connectivity index (χ3v) is 4.02. The van der Waals surface area contributed by atoms with Crippen molar-refractivity contribution in [3.8, 4) is 0 Å². The number of para-hydroxylation sites is 1. The highest BCUT2D eigenvalue weighted by Crippen LogP contribution is 2.25. The molecule has 2 heterocycles. The van der Waals surface area contributed by atoms with E-state index in [4.69, 9.17) is 0 Å². The van der Waals surface area contributed by atoms with Gasteiger partial charge in [0.15, 0.2) is 0 Å². The molecular weight excluding hydrogens is 264 g/mol. The molecule has 1 aliphatic heterocycles. The molecule has 1 unspecified atom stereocenters. The van der Waals surface area contributed by atoms with Gasteiger partial charge in [0, 0.05) is 32.2 Å². The second-order valence-electron chi connectivity index (χ2n) is 5.54. The van der Waals surface area contributed by atoms with E-state index >= 15 is 0 Å². The predicted octanol–water partition coefficient (Wildman–Crippen LogP) is 1.81. The first kappa shape index (κ1) is 13.7. The van der Waals surface area contributed by atoms with Crippen LogP contribution in [0.1, 0.15) is 17.8 Å². The molecule has 110 valence electrons. The van der Waals surface area contributed by atoms with Crippen LogP contribution in [0.15, 0.2) is 36.7 Å². The van der Waals surface area contributed by atoms with Crippen molar-refractivity contribution >= 4 is 11.6 Å². The summed E-state index contributed by atoms with van der Waals surface area (Å²) in [6, 6.07) is 8.03. The van der Waals surface area contributed by atoms with Crippen LogP contribution in [0.25, 0.3) is 0 Å². The number of aromatic nitrogens is 2. The molecule has 5 heteroatoms. The maximum atomic E-state index is 12.6. The average molecular weight is 284 g/mol. The summed E-state index contributed by atoms with van der Waals surface area (Å²) in [7, 11) is 3.77. The van der Waals surface area contributed by atoms with Crippen molar-refractivity contribution in [1.82, 2.24) is 14.5 Å². The summed E-state index contributed by atoms with van der Waals surface area (Å²) in [5.41, 5.74) is 2.36. The molecule has 1 aliphatic rings. The molecule has 0 bridgehead atoms. The molecule has 0 fully saturated rings. The van der Waals surface area contributed by atoms with Crippen LogP contribution in [0, 0.1) is 0 Å². The van der Waals surface area contributed by atoms with Gasteiger partial charge in [0.25, 0.3) is 0 Å². The molecule has 5 nitrogen and oxygen atoms in total. The van der Waals surface area contributed by atoms with Crippen molar-refractivity contribution in [1.29, 1.82) is 0 Å². The summed E-state index contributed by atoms with van der Waals surface area (Å²) >= 11 is 0. The normalized spacial score (nSPS) is 17.0. The molecule has 0 saturated carbocycles. The van der Waals surface area contributed by atoms with Gasteiger partial charge in [0.2, 0.25) is 5.91 Å². The molecule has 3 rings (SSSR count). The zero-order valence-electron chi connectivity index (χ0n) is 12.4. The average Bonchev–Trinajstić information content (AvgIpc) is 2.91. The lowest BCUT2D eigenvalue weighted by Crippen LogP contribution is -2.42. The second-order valence-corrected chi connectivity index (χ2v) is 5.54. The lowest BCUT2D eigenvalue weighted by molar-refractivity contribution is -0.131. The standard InChI is InChI=1S/C16H20N4O/c1-19-10-9-17-15(19)11-20(2)16(21)14-8-7-12-5-3-4-6-13(12)18-14/h3-6,9-10,14,18H,7-8,11H2,1-2H3. The first-order valence-corrected chi connectivity index (χ1v) is 7.21. The van der Waals surface area contributed by atoms with Crippen LogP contribution in [0.4, 0.5) is 5.69 Å². The zero-order valence-corrected chi connectivity index (χ0v) is 12.4. The fourth-order valence-corrected chi connectivity index (χ4v) is 2.73. The van der Waals surface area contributed by atoms with Gasteiger partial charge in [-0.15, -0.1) is 0 Å². The highest BCUT2D eigenvalue weighted by Gasteiger charge is 2.26. The molecule has 1 N–H and O–H groups in total. The minimum atomic E-state index is -0.148. The molecule has 1 aromatic carbocycles. The molecule has 0 saturated heterocycles. The van der Waals surface area contributed by atoms with Gasteiger partial charge in [-0.1, -0.05) is 18.2 Å². The zero-order chi connectivity index (χ0) is 14.8. The van der Waals surface area contributed by atoms with Gasteiger partial charge in [-0.05, 0) is 24.5 Å². The fourth-order valence-electron chi connectivity index (χ4n) is 2.73. The van der Waals surface area contributed by atoms with Crippen LogP contribution in [0.2, 0.25) is 0 Å². The molecule has 0 radical (unpaired) electrons. The van der Waals surface area contributed by atoms with E-state index in [0.717, 1.165) is 24.4 Å². The molecule has 21 heavy (non-hydrogen) atoms. The summed E-state index contributed by atoms with van der Waals surface area (Å²) in [5.74, 6) is 1.01. The van der Waals surface area contributed by atoms with Crippen molar-refractivity contribution in [3.63, 3.8) is 0 Å². The first-order chi connectivity index (χ1) is 10.1. The highest BCUT2D eigenvalue weighted by molar-refractivity contribution is 5.85. The quantitative estimate of drug-likeness (QED) is 0.935. The van der Waals surface area contributed by atoms with E-state index in [0.29, 0.717) is 6.54 Å². The number of amides is 1. The van der Waals surface area contributed by atoms with Crippen LogP contribution >= 0.6 is 0 Å². The number of aryl methyl sites for hydroxylation is 2. The van der Waals surface area contributed by atoms with E-state index in [1.54, 1.807) is 11.1 Å². The Labute approximate surface area is 124 Å². The van der Waals surface area contributed by atoms with Gasteiger partial charge >= 0.3 is 0 Å². The Hall–Kier alpha value is -2.30. The number of benzene rings is 1. The number of carbonyl (C=O) groups is 1. The van der Waals surface area contributed by atoms with Crippen molar-refractivity contribution in [3.05, 3.63) is 48.0 Å². The monoisotopic (exact) mass is 284 g/mol. The topological polar surface area (TPSA) is 50.2 Å². The smallest absolute Gasteiger partial charge is 0.245 e. The van der Waals surface area contributed by atoms with Crippen LogP contribution in [-0.4, -0.2) is 33.4 Å². The van der Waals surface area contributed by atoms with Gasteiger partial charge in [-0.25, -0.2) is 4.98 Å². The number of hydrogen-bond acceptors (Lipinski definition) is 3. The summed E-state index contributed by atoms with van der Waals surface area (Å²) in [5, 5.41) is 3.35. The molecule has 1 aromatic heterocycles. The van der Waals surface area contributed by atoms with Crippen LogP contribution in [-0.2, 0) is 24.8 Å². The number of nitrogens with one attached hydrogen (secondary N) is 1. The van der Waals surface area contributed by atoms with Crippen LogP contribution in [0.3, 0.4) is 0 Å². The Balaban J connectivity index is 1.67. The summed E-state index contributed by atoms with van der Waals surface area (Å²) in [4.78, 5) is 18.6. The number of carbonyl (C=O) groups excluding carboxylic acids is 1. The molecule has 1 atom stereocenters. The fraction of sp³-hybridized carbons (Fsp3) is 0.375.